The Balaban J connectivity index is 1.87. The summed E-state index contributed by atoms with van der Waals surface area (Å²) in [4.78, 5) is 0. The number of rotatable bonds is 6. The van der Waals surface area contributed by atoms with E-state index in [0.717, 1.165) is 0 Å². The van der Waals surface area contributed by atoms with E-state index < -0.39 is 16.5 Å². The molecule has 39 heavy (non-hydrogen) atoms. The molecule has 0 radical (unpaired) electrons. The van der Waals surface area contributed by atoms with Crippen LogP contribution in [-0.4, -0.2) is 20.7 Å². The van der Waals surface area contributed by atoms with Crippen LogP contribution in [0, 0.1) is 0 Å². The molecule has 0 amide bonds. The third-order valence-corrected chi connectivity index (χ3v) is 19.4. The average molecular weight is 546 g/mol. The van der Waals surface area contributed by atoms with Crippen LogP contribution in [0.25, 0.3) is 0 Å². The molecule has 0 saturated carbocycles. The lowest BCUT2D eigenvalue weighted by Gasteiger charge is -2.41. The average Bonchev–Trinajstić information content (AvgIpc) is 3.40. The zero-order valence-corrected chi connectivity index (χ0v) is 26.2. The molecule has 0 atom stereocenters. The second kappa shape index (κ2) is 10.3. The third kappa shape index (κ3) is 4.36. The predicted molar refractivity (Wildman–Crippen MR) is 171 cm³/mol. The summed E-state index contributed by atoms with van der Waals surface area (Å²) in [7, 11) is -5.05. The van der Waals surface area contributed by atoms with Gasteiger partial charge in [-0.1, -0.05) is 163 Å². The van der Waals surface area contributed by atoms with Crippen molar-refractivity contribution in [3.8, 4) is 0 Å². The van der Waals surface area contributed by atoms with E-state index >= 15 is 0 Å². The molecule has 0 saturated heterocycles. The number of benzene rings is 4. The standard InChI is InChI=1S/C35H41N2Si2/c1-34(2,3)38(30-19-11-7-12-20-30,31-21-13-8-14-22-31)36-27-28-37(29-36)39(35(4,5)6,32-23-15-9-16-24-32)33-25-17-10-18-26-33/h7-29H,1-6H3/q+1. The Hall–Kier alpha value is -3.48. The number of hydrogen-bond donors (Lipinski definition) is 0. The minimum atomic E-state index is -2.53. The first kappa shape index (κ1) is 27.1. The largest absolute Gasteiger partial charge is 0.335 e. The Kier molecular flexibility index (Phi) is 7.12. The minimum absolute atomic E-state index is 0.0119. The normalized spacial score (nSPS) is 12.9. The molecule has 0 aliphatic heterocycles. The van der Waals surface area contributed by atoms with Crippen molar-refractivity contribution in [1.82, 2.24) is 4.23 Å². The van der Waals surface area contributed by atoms with Gasteiger partial charge in [-0.15, -0.1) is 0 Å². The summed E-state index contributed by atoms with van der Waals surface area (Å²) in [5.41, 5.74) is 0. The van der Waals surface area contributed by atoms with Gasteiger partial charge in [0.2, 0.25) is 6.33 Å². The molecule has 4 heteroatoms. The molecule has 0 bridgehead atoms. The van der Waals surface area contributed by atoms with Crippen molar-refractivity contribution in [2.45, 2.75) is 51.6 Å². The van der Waals surface area contributed by atoms with Crippen molar-refractivity contribution in [1.29, 1.82) is 0 Å². The van der Waals surface area contributed by atoms with Crippen molar-refractivity contribution in [2.75, 3.05) is 0 Å². The van der Waals surface area contributed by atoms with E-state index in [1.807, 2.05) is 0 Å². The van der Waals surface area contributed by atoms with E-state index in [4.69, 9.17) is 0 Å². The van der Waals surface area contributed by atoms with Crippen LogP contribution >= 0.6 is 0 Å². The molecule has 5 rings (SSSR count). The van der Waals surface area contributed by atoms with E-state index in [-0.39, 0.29) is 10.1 Å². The van der Waals surface area contributed by atoms with Gasteiger partial charge >= 0.3 is 16.5 Å². The van der Waals surface area contributed by atoms with Gasteiger partial charge in [0.05, 0.1) is 0 Å². The first-order valence-electron chi connectivity index (χ1n) is 14.0. The predicted octanol–water partition coefficient (Wildman–Crippen LogP) is 5.59. The van der Waals surface area contributed by atoms with Crippen LogP contribution < -0.4 is 25.0 Å². The Morgan fingerprint density at radius 1 is 0.487 bits per heavy atom. The maximum atomic E-state index is 2.62. The van der Waals surface area contributed by atoms with Crippen LogP contribution in [-0.2, 0) is 0 Å². The van der Waals surface area contributed by atoms with Gasteiger partial charge in [-0.3, -0.25) is 8.47 Å². The highest BCUT2D eigenvalue weighted by Crippen LogP contribution is 2.38. The highest BCUT2D eigenvalue weighted by Gasteiger charge is 2.59. The van der Waals surface area contributed by atoms with E-state index in [9.17, 15) is 0 Å². The van der Waals surface area contributed by atoms with Crippen molar-refractivity contribution in [2.24, 2.45) is 0 Å². The van der Waals surface area contributed by atoms with Crippen molar-refractivity contribution < 1.29 is 4.23 Å². The molecular formula is C35H41N2Si2+. The second-order valence-corrected chi connectivity index (χ2v) is 21.8. The molecule has 1 aromatic heterocycles. The SMILES string of the molecule is CC(C)(C)[Si](c1ccccc1)(c1ccccc1)n1cc[n+]([Si](c2ccccc2)(c2ccccc2)C(C)(C)C)c1. The molecule has 5 aromatic rings. The molecule has 0 aliphatic rings. The zero-order chi connectivity index (χ0) is 27.7. The monoisotopic (exact) mass is 545 g/mol. The zero-order valence-electron chi connectivity index (χ0n) is 24.2. The lowest BCUT2D eigenvalue weighted by atomic mass is 10.2. The van der Waals surface area contributed by atoms with Gasteiger partial charge in [0.25, 0.3) is 0 Å². The minimum Gasteiger partial charge on any atom is -0.279 e. The number of hydrogen-bond acceptors (Lipinski definition) is 0. The number of aromatic nitrogens is 2. The van der Waals surface area contributed by atoms with Gasteiger partial charge in [-0.2, -0.15) is 0 Å². The Bertz CT molecular complexity index is 1300. The smallest absolute Gasteiger partial charge is 0.279 e. The van der Waals surface area contributed by atoms with E-state index in [1.54, 1.807) is 0 Å². The van der Waals surface area contributed by atoms with Crippen molar-refractivity contribution in [3.63, 3.8) is 0 Å². The summed E-state index contributed by atoms with van der Waals surface area (Å²) < 4.78 is 5.24. The number of nitrogens with zero attached hydrogens (tertiary/aromatic N) is 2. The quantitative estimate of drug-likeness (QED) is 0.246. The molecule has 0 unspecified atom stereocenters. The van der Waals surface area contributed by atoms with Gasteiger partial charge in [0.15, 0.2) is 0 Å². The molecule has 1 heterocycles. The molecule has 0 spiro atoms. The summed E-state index contributed by atoms with van der Waals surface area (Å²) in [6, 6.07) is 44.9. The highest BCUT2D eigenvalue weighted by molar-refractivity contribution is 7.03. The summed E-state index contributed by atoms with van der Waals surface area (Å²) in [5.74, 6) is 0. The van der Waals surface area contributed by atoms with Crippen LogP contribution in [0.2, 0.25) is 10.1 Å². The molecular weight excluding hydrogens is 505 g/mol. The van der Waals surface area contributed by atoms with Gasteiger partial charge in [-0.25, -0.2) is 0 Å². The van der Waals surface area contributed by atoms with E-state index in [0.29, 0.717) is 0 Å². The van der Waals surface area contributed by atoms with Crippen molar-refractivity contribution in [3.05, 3.63) is 140 Å². The summed E-state index contributed by atoms with van der Waals surface area (Å²) >= 11 is 0. The fourth-order valence-corrected chi connectivity index (χ4v) is 17.8. The topological polar surface area (TPSA) is 8.81 Å². The lowest BCUT2D eigenvalue weighted by Crippen LogP contribution is -2.82. The summed E-state index contributed by atoms with van der Waals surface area (Å²) in [5, 5.41) is 5.72. The Labute approximate surface area is 236 Å². The Morgan fingerprint density at radius 3 is 1.18 bits per heavy atom. The van der Waals surface area contributed by atoms with Gasteiger partial charge in [-0.05, 0) is 20.7 Å². The van der Waals surface area contributed by atoms with E-state index in [1.165, 1.54) is 20.7 Å². The third-order valence-electron chi connectivity index (χ3n) is 8.35. The van der Waals surface area contributed by atoms with Gasteiger partial charge < -0.3 is 0 Å². The Morgan fingerprint density at radius 2 is 0.846 bits per heavy atom. The van der Waals surface area contributed by atoms with Crippen LogP contribution in [0.5, 0.6) is 0 Å². The molecule has 198 valence electrons. The van der Waals surface area contributed by atoms with Crippen LogP contribution in [0.3, 0.4) is 0 Å². The number of imidazole rings is 1. The fourth-order valence-electron chi connectivity index (χ4n) is 6.91. The molecule has 0 fully saturated rings. The van der Waals surface area contributed by atoms with Crippen LogP contribution in [0.1, 0.15) is 41.5 Å². The fraction of sp³-hybridized carbons (Fsp3) is 0.229. The molecule has 0 N–H and O–H groups in total. The van der Waals surface area contributed by atoms with Gasteiger partial charge in [0.1, 0.15) is 12.4 Å². The summed E-state index contributed by atoms with van der Waals surface area (Å²) in [6.07, 6.45) is 7.21. The summed E-state index contributed by atoms with van der Waals surface area (Å²) in [6.45, 7) is 14.5. The van der Waals surface area contributed by atoms with E-state index in [2.05, 4.69) is 190 Å². The molecule has 2 nitrogen and oxygen atoms in total. The second-order valence-electron chi connectivity index (χ2n) is 12.6. The highest BCUT2D eigenvalue weighted by atomic mass is 28.3. The lowest BCUT2D eigenvalue weighted by molar-refractivity contribution is -0.544. The maximum absolute atomic E-state index is 2.62. The van der Waals surface area contributed by atoms with Crippen LogP contribution in [0.4, 0.5) is 0 Å². The maximum Gasteiger partial charge on any atom is 0.335 e. The molecule has 0 aliphatic carbocycles. The molecule has 4 aromatic carbocycles. The first-order chi connectivity index (χ1) is 18.6. The van der Waals surface area contributed by atoms with Gasteiger partial charge in [0, 0.05) is 10.1 Å². The van der Waals surface area contributed by atoms with Crippen LogP contribution in [0.15, 0.2) is 140 Å². The first-order valence-corrected chi connectivity index (χ1v) is 17.9. The van der Waals surface area contributed by atoms with Crippen molar-refractivity contribution >= 4 is 37.2 Å².